The molecule has 0 spiro atoms. The predicted octanol–water partition coefficient (Wildman–Crippen LogP) is 4.57. The summed E-state index contributed by atoms with van der Waals surface area (Å²) in [5.74, 6) is 2.56. The van der Waals surface area contributed by atoms with E-state index in [9.17, 15) is 4.79 Å². The van der Waals surface area contributed by atoms with Gasteiger partial charge in [0, 0.05) is 51.2 Å². The number of amides is 1. The number of para-hydroxylation sites is 1. The van der Waals surface area contributed by atoms with Gasteiger partial charge in [0.15, 0.2) is 5.65 Å². The number of fused-ring (bicyclic) bond motifs is 1. The average Bonchev–Trinajstić information content (AvgIpc) is 3.38. The number of aromatic nitrogens is 4. The van der Waals surface area contributed by atoms with E-state index in [1.54, 1.807) is 0 Å². The van der Waals surface area contributed by atoms with E-state index >= 15 is 0 Å². The van der Waals surface area contributed by atoms with Crippen LogP contribution in [0.25, 0.3) is 16.7 Å². The number of hydrogen-bond donors (Lipinski definition) is 0. The summed E-state index contributed by atoms with van der Waals surface area (Å²) in [6, 6.07) is 10.1. The van der Waals surface area contributed by atoms with Crippen molar-refractivity contribution in [3.63, 3.8) is 0 Å². The Morgan fingerprint density at radius 2 is 1.81 bits per heavy atom. The molecule has 3 aromatic rings. The zero-order valence-electron chi connectivity index (χ0n) is 21.6. The van der Waals surface area contributed by atoms with Gasteiger partial charge in [-0.15, -0.1) is 0 Å². The van der Waals surface area contributed by atoms with Crippen LogP contribution in [0.3, 0.4) is 0 Å². The third kappa shape index (κ3) is 5.09. The van der Waals surface area contributed by atoms with Crippen LogP contribution in [0, 0.1) is 5.92 Å². The number of ether oxygens (including phenoxy) is 1. The van der Waals surface area contributed by atoms with Crippen LogP contribution in [-0.4, -0.2) is 69.9 Å². The van der Waals surface area contributed by atoms with E-state index in [1.807, 2.05) is 29.1 Å². The van der Waals surface area contributed by atoms with Gasteiger partial charge in [0.2, 0.25) is 5.91 Å². The van der Waals surface area contributed by atoms with Gasteiger partial charge in [-0.25, -0.2) is 14.6 Å². The second-order valence-electron chi connectivity index (χ2n) is 9.98. The van der Waals surface area contributed by atoms with Gasteiger partial charge in [0.25, 0.3) is 0 Å². The van der Waals surface area contributed by atoms with Crippen LogP contribution in [-0.2, 0) is 9.53 Å². The lowest BCUT2D eigenvalue weighted by Crippen LogP contribution is -2.50. The van der Waals surface area contributed by atoms with Crippen LogP contribution < -0.4 is 4.90 Å². The van der Waals surface area contributed by atoms with E-state index in [2.05, 4.69) is 35.8 Å². The number of carbonyl (C=O) groups is 1. The molecular formula is C28H38N6O2. The highest BCUT2D eigenvalue weighted by molar-refractivity contribution is 5.88. The number of nitrogens with zero attached hydrogens (tertiary/aromatic N) is 6. The molecule has 0 radical (unpaired) electrons. The number of benzene rings is 1. The Kier molecular flexibility index (Phi) is 7.80. The predicted molar refractivity (Wildman–Crippen MR) is 142 cm³/mol. The van der Waals surface area contributed by atoms with Crippen molar-refractivity contribution >= 4 is 22.8 Å². The Balaban J connectivity index is 1.43. The van der Waals surface area contributed by atoms with Gasteiger partial charge in [-0.1, -0.05) is 44.9 Å². The van der Waals surface area contributed by atoms with Crippen LogP contribution in [0.1, 0.15) is 64.1 Å². The van der Waals surface area contributed by atoms with Crippen molar-refractivity contribution in [2.75, 3.05) is 44.3 Å². The van der Waals surface area contributed by atoms with E-state index in [1.165, 1.54) is 0 Å². The van der Waals surface area contributed by atoms with Crippen molar-refractivity contribution in [1.29, 1.82) is 0 Å². The molecule has 0 N–H and O–H groups in total. The number of unbranched alkanes of at least 4 members (excludes halogenated alkanes) is 1. The van der Waals surface area contributed by atoms with E-state index in [0.29, 0.717) is 5.91 Å². The molecule has 0 bridgehead atoms. The summed E-state index contributed by atoms with van der Waals surface area (Å²) in [5, 5.41) is 5.67. The molecule has 1 unspecified atom stereocenters. The van der Waals surface area contributed by atoms with Crippen LogP contribution >= 0.6 is 0 Å². The van der Waals surface area contributed by atoms with E-state index in [4.69, 9.17) is 19.8 Å². The Labute approximate surface area is 213 Å². The van der Waals surface area contributed by atoms with Crippen LogP contribution in [0.5, 0.6) is 0 Å². The minimum Gasteiger partial charge on any atom is -0.381 e. The van der Waals surface area contributed by atoms with Crippen molar-refractivity contribution < 1.29 is 9.53 Å². The Hall–Kier alpha value is -3.00. The lowest BCUT2D eigenvalue weighted by Gasteiger charge is -2.37. The van der Waals surface area contributed by atoms with Crippen molar-refractivity contribution in [1.82, 2.24) is 24.6 Å². The Bertz CT molecular complexity index is 1150. The van der Waals surface area contributed by atoms with Crippen molar-refractivity contribution in [2.45, 2.75) is 58.3 Å². The number of hydrogen-bond acceptors (Lipinski definition) is 6. The molecule has 2 aliphatic rings. The topological polar surface area (TPSA) is 76.4 Å². The Morgan fingerprint density at radius 3 is 2.50 bits per heavy atom. The second-order valence-corrected chi connectivity index (χ2v) is 9.98. The highest BCUT2D eigenvalue weighted by Gasteiger charge is 2.29. The quantitative estimate of drug-likeness (QED) is 0.460. The zero-order chi connectivity index (χ0) is 24.9. The number of rotatable bonds is 8. The summed E-state index contributed by atoms with van der Waals surface area (Å²) in [6.45, 7) is 8.81. The highest BCUT2D eigenvalue weighted by atomic mass is 16.5. The number of carbonyl (C=O) groups excluding carboxylic acids is 1. The van der Waals surface area contributed by atoms with Crippen molar-refractivity contribution in [3.05, 3.63) is 42.4 Å². The summed E-state index contributed by atoms with van der Waals surface area (Å²) >= 11 is 0. The molecule has 2 fully saturated rings. The monoisotopic (exact) mass is 490 g/mol. The molecule has 2 aliphatic heterocycles. The fourth-order valence-electron chi connectivity index (χ4n) is 5.40. The molecular weight excluding hydrogens is 452 g/mol. The standard InChI is InChI=1S/C28H38N6O2/c1-3-5-9-21(4-2)28(35)33-16-14-32(15-17-33)26-24-20-29-34(23-10-7-6-8-11-23)27(24)31-25(30-26)22-12-18-36-19-13-22/h6-8,10-11,20-22H,3-5,9,12-19H2,1-2H3. The molecule has 192 valence electrons. The maximum atomic E-state index is 13.2. The van der Waals surface area contributed by atoms with Gasteiger partial charge < -0.3 is 14.5 Å². The first-order valence-corrected chi connectivity index (χ1v) is 13.6. The molecule has 2 aromatic heterocycles. The summed E-state index contributed by atoms with van der Waals surface area (Å²) < 4.78 is 7.52. The maximum Gasteiger partial charge on any atom is 0.225 e. The molecule has 5 rings (SSSR count). The molecule has 4 heterocycles. The van der Waals surface area contributed by atoms with Crippen molar-refractivity contribution in [2.24, 2.45) is 5.92 Å². The number of piperazine rings is 1. The lowest BCUT2D eigenvalue weighted by atomic mass is 9.97. The van der Waals surface area contributed by atoms with Gasteiger partial charge in [-0.3, -0.25) is 4.79 Å². The van der Waals surface area contributed by atoms with Gasteiger partial charge in [-0.2, -0.15) is 5.10 Å². The summed E-state index contributed by atoms with van der Waals surface area (Å²) in [6.07, 6.45) is 7.91. The summed E-state index contributed by atoms with van der Waals surface area (Å²) in [5.41, 5.74) is 1.83. The zero-order valence-corrected chi connectivity index (χ0v) is 21.6. The first-order chi connectivity index (χ1) is 17.7. The van der Waals surface area contributed by atoms with Gasteiger partial charge >= 0.3 is 0 Å². The van der Waals surface area contributed by atoms with Crippen molar-refractivity contribution in [3.8, 4) is 5.69 Å². The molecule has 36 heavy (non-hydrogen) atoms. The third-order valence-corrected chi connectivity index (χ3v) is 7.65. The maximum absolute atomic E-state index is 13.2. The fourth-order valence-corrected chi connectivity index (χ4v) is 5.40. The Morgan fingerprint density at radius 1 is 1.06 bits per heavy atom. The second kappa shape index (κ2) is 11.4. The van der Waals surface area contributed by atoms with Crippen LogP contribution in [0.4, 0.5) is 5.82 Å². The molecule has 0 aliphatic carbocycles. The highest BCUT2D eigenvalue weighted by Crippen LogP contribution is 2.32. The first-order valence-electron chi connectivity index (χ1n) is 13.6. The van der Waals surface area contributed by atoms with Crippen LogP contribution in [0.2, 0.25) is 0 Å². The third-order valence-electron chi connectivity index (χ3n) is 7.65. The summed E-state index contributed by atoms with van der Waals surface area (Å²) in [7, 11) is 0. The summed E-state index contributed by atoms with van der Waals surface area (Å²) in [4.78, 5) is 27.7. The van der Waals surface area contributed by atoms with Gasteiger partial charge in [0.1, 0.15) is 11.6 Å². The van der Waals surface area contributed by atoms with Gasteiger partial charge in [0.05, 0.1) is 17.3 Å². The molecule has 8 heteroatoms. The molecule has 1 atom stereocenters. The normalized spacial score (nSPS) is 18.1. The minimum atomic E-state index is 0.145. The smallest absolute Gasteiger partial charge is 0.225 e. The van der Waals surface area contributed by atoms with E-state index in [0.717, 1.165) is 106 Å². The van der Waals surface area contributed by atoms with Crippen LogP contribution in [0.15, 0.2) is 36.5 Å². The minimum absolute atomic E-state index is 0.145. The number of anilines is 1. The molecule has 1 aromatic carbocycles. The molecule has 0 saturated carbocycles. The lowest BCUT2D eigenvalue weighted by molar-refractivity contribution is -0.136. The average molecular weight is 491 g/mol. The molecule has 8 nitrogen and oxygen atoms in total. The first kappa shape index (κ1) is 24.7. The van der Waals surface area contributed by atoms with Gasteiger partial charge in [-0.05, 0) is 37.8 Å². The largest absolute Gasteiger partial charge is 0.381 e. The SMILES string of the molecule is CCCCC(CC)C(=O)N1CCN(c2nc(C3CCOCC3)nc3c2cnn3-c2ccccc2)CC1. The van der Waals surface area contributed by atoms with E-state index in [-0.39, 0.29) is 11.8 Å². The van der Waals surface area contributed by atoms with E-state index < -0.39 is 0 Å². The molecule has 1 amide bonds. The molecule has 2 saturated heterocycles. The fraction of sp³-hybridized carbons (Fsp3) is 0.571.